The minimum absolute atomic E-state index is 0.0535. The summed E-state index contributed by atoms with van der Waals surface area (Å²) in [7, 11) is 0. The van der Waals surface area contributed by atoms with E-state index in [1.165, 1.54) is 12.1 Å². The van der Waals surface area contributed by atoms with Crippen molar-refractivity contribution in [2.45, 2.75) is 51.5 Å². The Kier molecular flexibility index (Phi) is 2.74. The van der Waals surface area contributed by atoms with Crippen LogP contribution in [0.1, 0.15) is 60.8 Å². The first-order chi connectivity index (χ1) is 10.0. The molecule has 0 bridgehead atoms. The van der Waals surface area contributed by atoms with Crippen LogP contribution in [0.15, 0.2) is 0 Å². The number of H-pyrrole nitrogens is 1. The lowest BCUT2D eigenvalue weighted by Gasteiger charge is -2.36. The van der Waals surface area contributed by atoms with Crippen LogP contribution in [-0.2, 0) is 6.42 Å². The maximum atomic E-state index is 12.9. The number of aromatic amines is 1. The fraction of sp³-hybridized carbons (Fsp3) is 0.750. The molecule has 21 heavy (non-hydrogen) atoms. The zero-order chi connectivity index (χ0) is 14.8. The first-order valence-electron chi connectivity index (χ1n) is 8.02. The number of nitrogens with zero attached hydrogens (tertiary/aromatic N) is 2. The second-order valence-corrected chi connectivity index (χ2v) is 7.57. The van der Waals surface area contributed by atoms with Crippen molar-refractivity contribution in [1.29, 1.82) is 0 Å². The molecule has 1 aromatic heterocycles. The molecule has 2 aliphatic carbocycles. The minimum atomic E-state index is -0.256. The first-order valence-corrected chi connectivity index (χ1v) is 8.02. The van der Waals surface area contributed by atoms with E-state index in [1.54, 1.807) is 0 Å². The van der Waals surface area contributed by atoms with Crippen LogP contribution in [0.3, 0.4) is 0 Å². The van der Waals surface area contributed by atoms with Crippen LogP contribution in [0.25, 0.3) is 0 Å². The summed E-state index contributed by atoms with van der Waals surface area (Å²) in [5.41, 5.74) is 2.75. The van der Waals surface area contributed by atoms with Gasteiger partial charge in [0, 0.05) is 35.2 Å². The summed E-state index contributed by atoms with van der Waals surface area (Å²) in [5, 5.41) is 17.0. The van der Waals surface area contributed by atoms with Crippen molar-refractivity contribution in [3.63, 3.8) is 0 Å². The number of carbonyl (C=O) groups is 1. The van der Waals surface area contributed by atoms with Crippen LogP contribution in [0, 0.1) is 11.3 Å². The number of aliphatic hydroxyl groups excluding tert-OH is 1. The molecule has 1 unspecified atom stereocenters. The Morgan fingerprint density at radius 1 is 1.52 bits per heavy atom. The van der Waals surface area contributed by atoms with Crippen molar-refractivity contribution in [3.05, 3.63) is 17.0 Å². The smallest absolute Gasteiger partial charge is 0.274 e. The highest BCUT2D eigenvalue weighted by Gasteiger charge is 2.49. The highest BCUT2D eigenvalue weighted by atomic mass is 16.3. The molecule has 2 fully saturated rings. The summed E-state index contributed by atoms with van der Waals surface area (Å²) >= 11 is 0. The summed E-state index contributed by atoms with van der Waals surface area (Å²) < 4.78 is 0. The largest absolute Gasteiger partial charge is 0.396 e. The van der Waals surface area contributed by atoms with Crippen LogP contribution in [-0.4, -0.2) is 45.3 Å². The van der Waals surface area contributed by atoms with Crippen LogP contribution >= 0.6 is 0 Å². The standard InChI is InChI=1S/C16H23N3O2/c1-16(2,8-20)12-4-3-5-19(12)15(21)14-11-7-9-6-10(9)13(11)17-18-14/h9-10,12,20H,3-8H2,1-2H3,(H,17,18)/t9-,10-,12?/m1/s1. The van der Waals surface area contributed by atoms with Gasteiger partial charge in [-0.25, -0.2) is 0 Å². The maximum Gasteiger partial charge on any atom is 0.274 e. The monoisotopic (exact) mass is 289 g/mol. The summed E-state index contributed by atoms with van der Waals surface area (Å²) in [6.45, 7) is 4.95. The van der Waals surface area contributed by atoms with E-state index in [1.807, 2.05) is 18.7 Å². The van der Waals surface area contributed by atoms with Crippen molar-refractivity contribution in [2.75, 3.05) is 13.2 Å². The lowest BCUT2D eigenvalue weighted by Crippen LogP contribution is -2.46. The van der Waals surface area contributed by atoms with Crippen molar-refractivity contribution < 1.29 is 9.90 Å². The van der Waals surface area contributed by atoms with Gasteiger partial charge in [0.15, 0.2) is 5.69 Å². The highest BCUT2D eigenvalue weighted by molar-refractivity contribution is 5.94. The summed E-state index contributed by atoms with van der Waals surface area (Å²) in [6.07, 6.45) is 4.25. The molecule has 1 saturated heterocycles. The van der Waals surface area contributed by atoms with Gasteiger partial charge in [0.1, 0.15) is 0 Å². The average molecular weight is 289 g/mol. The van der Waals surface area contributed by atoms with Gasteiger partial charge in [-0.3, -0.25) is 9.89 Å². The molecule has 0 aromatic carbocycles. The Bertz CT molecular complexity index is 592. The zero-order valence-corrected chi connectivity index (χ0v) is 12.7. The molecule has 0 radical (unpaired) electrons. The Morgan fingerprint density at radius 2 is 2.33 bits per heavy atom. The van der Waals surface area contributed by atoms with Crippen molar-refractivity contribution in [3.8, 4) is 0 Å². The second kappa shape index (κ2) is 4.32. The highest BCUT2D eigenvalue weighted by Crippen LogP contribution is 2.56. The van der Waals surface area contributed by atoms with E-state index in [0.29, 0.717) is 11.6 Å². The van der Waals surface area contributed by atoms with Gasteiger partial charge in [0.2, 0.25) is 0 Å². The number of nitrogens with one attached hydrogen (secondary N) is 1. The molecule has 0 spiro atoms. The van der Waals surface area contributed by atoms with Gasteiger partial charge in [-0.1, -0.05) is 13.8 Å². The Morgan fingerprint density at radius 3 is 3.10 bits per heavy atom. The number of aromatic nitrogens is 2. The van der Waals surface area contributed by atoms with Gasteiger partial charge in [-0.2, -0.15) is 5.10 Å². The van der Waals surface area contributed by atoms with E-state index < -0.39 is 0 Å². The number of aliphatic hydroxyl groups is 1. The van der Waals surface area contributed by atoms with Crippen molar-refractivity contribution >= 4 is 5.91 Å². The topological polar surface area (TPSA) is 69.2 Å². The molecule has 2 N–H and O–H groups in total. The fourth-order valence-electron chi connectivity index (χ4n) is 4.22. The molecule has 114 valence electrons. The zero-order valence-electron chi connectivity index (χ0n) is 12.7. The van der Waals surface area contributed by atoms with Gasteiger partial charge in [-0.05, 0) is 31.6 Å². The third-order valence-electron chi connectivity index (χ3n) is 5.68. The Hall–Kier alpha value is -1.36. The van der Waals surface area contributed by atoms with Crippen LogP contribution in [0.5, 0.6) is 0 Å². The number of amides is 1. The molecule has 4 rings (SSSR count). The van der Waals surface area contributed by atoms with E-state index in [0.717, 1.165) is 37.3 Å². The lowest BCUT2D eigenvalue weighted by molar-refractivity contribution is 0.0438. The van der Waals surface area contributed by atoms with Gasteiger partial charge >= 0.3 is 0 Å². The Labute approximate surface area is 124 Å². The second-order valence-electron chi connectivity index (χ2n) is 7.57. The number of fused-ring (bicyclic) bond motifs is 3. The van der Waals surface area contributed by atoms with Gasteiger partial charge in [0.25, 0.3) is 5.91 Å². The Balaban J connectivity index is 1.61. The van der Waals surface area contributed by atoms with E-state index >= 15 is 0 Å². The van der Waals surface area contributed by atoms with Gasteiger partial charge < -0.3 is 10.0 Å². The molecule has 1 saturated carbocycles. The summed E-state index contributed by atoms with van der Waals surface area (Å²) in [4.78, 5) is 14.9. The third-order valence-corrected chi connectivity index (χ3v) is 5.68. The number of carbonyl (C=O) groups excluding carboxylic acids is 1. The van der Waals surface area contributed by atoms with Crippen molar-refractivity contribution in [2.24, 2.45) is 11.3 Å². The van der Waals surface area contributed by atoms with E-state index in [4.69, 9.17) is 0 Å². The normalized spacial score (nSPS) is 30.4. The number of hydrogen-bond acceptors (Lipinski definition) is 3. The number of hydrogen-bond donors (Lipinski definition) is 2. The first kappa shape index (κ1) is 13.3. The van der Waals surface area contributed by atoms with Gasteiger partial charge in [0.05, 0.1) is 6.61 Å². The molecule has 1 amide bonds. The van der Waals surface area contributed by atoms with E-state index in [-0.39, 0.29) is 24.0 Å². The number of rotatable bonds is 3. The lowest BCUT2D eigenvalue weighted by atomic mass is 9.83. The molecule has 1 aliphatic heterocycles. The fourth-order valence-corrected chi connectivity index (χ4v) is 4.22. The maximum absolute atomic E-state index is 12.9. The third kappa shape index (κ3) is 1.86. The molecular weight excluding hydrogens is 266 g/mol. The quantitative estimate of drug-likeness (QED) is 0.889. The van der Waals surface area contributed by atoms with E-state index in [2.05, 4.69) is 10.2 Å². The molecule has 5 heteroatoms. The number of likely N-dealkylation sites (tertiary alicyclic amines) is 1. The molecular formula is C16H23N3O2. The van der Waals surface area contributed by atoms with Crippen LogP contribution < -0.4 is 0 Å². The predicted molar refractivity (Wildman–Crippen MR) is 78.1 cm³/mol. The molecule has 3 aliphatic rings. The molecule has 3 atom stereocenters. The van der Waals surface area contributed by atoms with E-state index in [9.17, 15) is 9.90 Å². The predicted octanol–water partition coefficient (Wildman–Crippen LogP) is 1.69. The van der Waals surface area contributed by atoms with Crippen LogP contribution in [0.4, 0.5) is 0 Å². The van der Waals surface area contributed by atoms with Crippen molar-refractivity contribution in [1.82, 2.24) is 15.1 Å². The molecule has 5 nitrogen and oxygen atoms in total. The molecule has 2 heterocycles. The summed E-state index contributed by atoms with van der Waals surface area (Å²) in [5.74, 6) is 1.44. The van der Waals surface area contributed by atoms with Crippen LogP contribution in [0.2, 0.25) is 0 Å². The summed E-state index contributed by atoms with van der Waals surface area (Å²) in [6, 6.07) is 0.110. The minimum Gasteiger partial charge on any atom is -0.396 e. The molecule has 1 aromatic rings. The SMILES string of the molecule is CC(C)(CO)C1CCCN1C(=O)c1n[nH]c2c1C[C@H]1C[C@@H]21. The average Bonchev–Trinajstić information content (AvgIpc) is 2.90. The van der Waals surface area contributed by atoms with Gasteiger partial charge in [-0.15, -0.1) is 0 Å².